The molecule has 0 saturated carbocycles. The summed E-state index contributed by atoms with van der Waals surface area (Å²) in [6.45, 7) is 7.29. The smallest absolute Gasteiger partial charge is 0.309 e. The molecule has 168 valence electrons. The number of esters is 1. The van der Waals surface area contributed by atoms with Crippen molar-refractivity contribution in [3.05, 3.63) is 35.6 Å². The van der Waals surface area contributed by atoms with Gasteiger partial charge in [-0.25, -0.2) is 4.39 Å². The molecule has 7 nitrogen and oxygen atoms in total. The molecule has 0 aromatic heterocycles. The van der Waals surface area contributed by atoms with Crippen LogP contribution in [0.25, 0.3) is 0 Å². The Hall–Kier alpha value is -1.91. The van der Waals surface area contributed by atoms with Crippen LogP contribution in [0.2, 0.25) is 0 Å². The van der Waals surface area contributed by atoms with Gasteiger partial charge in [0.15, 0.2) is 5.96 Å². The highest BCUT2D eigenvalue weighted by atomic mass is 127. The van der Waals surface area contributed by atoms with Crippen LogP contribution < -0.4 is 10.6 Å². The van der Waals surface area contributed by atoms with E-state index in [9.17, 15) is 14.0 Å². The number of rotatable bonds is 8. The van der Waals surface area contributed by atoms with Crippen LogP contribution >= 0.6 is 24.0 Å². The van der Waals surface area contributed by atoms with E-state index in [0.717, 1.165) is 38.4 Å². The van der Waals surface area contributed by atoms with Crippen molar-refractivity contribution in [3.8, 4) is 0 Å². The number of aliphatic imine (C=N–C) groups is 1. The van der Waals surface area contributed by atoms with E-state index in [1.807, 2.05) is 13.8 Å². The number of hydrogen-bond acceptors (Lipinski definition) is 4. The molecule has 2 rings (SSSR count). The minimum atomic E-state index is -0.345. The predicted octanol–water partition coefficient (Wildman–Crippen LogP) is 2.34. The molecule has 9 heteroatoms. The summed E-state index contributed by atoms with van der Waals surface area (Å²) >= 11 is 0. The van der Waals surface area contributed by atoms with Gasteiger partial charge >= 0.3 is 5.97 Å². The molecular weight excluding hydrogens is 502 g/mol. The van der Waals surface area contributed by atoms with Crippen LogP contribution in [0.4, 0.5) is 4.39 Å². The lowest BCUT2D eigenvalue weighted by Gasteiger charge is -2.33. The number of piperidine rings is 1. The summed E-state index contributed by atoms with van der Waals surface area (Å²) in [5.74, 6) is 0.119. The topological polar surface area (TPSA) is 83.0 Å². The van der Waals surface area contributed by atoms with Gasteiger partial charge < -0.3 is 20.3 Å². The molecule has 0 atom stereocenters. The molecule has 0 spiro atoms. The number of likely N-dealkylation sites (tertiary alicyclic amines) is 1. The van der Waals surface area contributed by atoms with E-state index in [0.29, 0.717) is 25.3 Å². The quantitative estimate of drug-likeness (QED) is 0.176. The van der Waals surface area contributed by atoms with E-state index >= 15 is 0 Å². The average molecular weight is 534 g/mol. The number of nitrogens with one attached hydrogen (secondary N) is 2. The van der Waals surface area contributed by atoms with E-state index in [1.165, 1.54) is 12.1 Å². The molecule has 0 unspecified atom stereocenters. The Morgan fingerprint density at radius 3 is 2.60 bits per heavy atom. The molecule has 1 fully saturated rings. The molecule has 0 radical (unpaired) electrons. The van der Waals surface area contributed by atoms with Gasteiger partial charge in [0.05, 0.1) is 25.5 Å². The minimum Gasteiger partial charge on any atom is -0.466 e. The van der Waals surface area contributed by atoms with Gasteiger partial charge in [-0.05, 0) is 44.4 Å². The van der Waals surface area contributed by atoms with Crippen LogP contribution in [0.5, 0.6) is 0 Å². The van der Waals surface area contributed by atoms with Crippen molar-refractivity contribution in [2.24, 2.45) is 10.9 Å². The molecule has 2 N–H and O–H groups in total. The number of carbonyl (C=O) groups is 2. The summed E-state index contributed by atoms with van der Waals surface area (Å²) in [5.41, 5.74) is 0.642. The van der Waals surface area contributed by atoms with Gasteiger partial charge in [-0.1, -0.05) is 12.1 Å². The van der Waals surface area contributed by atoms with Crippen molar-refractivity contribution in [3.63, 3.8) is 0 Å². The fraction of sp³-hybridized carbons (Fsp3) is 0.571. The Labute approximate surface area is 194 Å². The van der Waals surface area contributed by atoms with Gasteiger partial charge in [-0.15, -0.1) is 24.0 Å². The average Bonchev–Trinajstić information content (AvgIpc) is 2.70. The summed E-state index contributed by atoms with van der Waals surface area (Å²) < 4.78 is 18.3. The second-order valence-corrected chi connectivity index (χ2v) is 6.91. The standard InChI is InChI=1S/C21H31FN4O3.HI/c1-3-23-21(26-12-8-17(9-13-26)20(28)29-4-2)25-11-10-24-19(27)15-16-6-5-7-18(22)14-16;/h5-7,14,17H,3-4,8-13,15H2,1-2H3,(H,23,25)(H,24,27);1H. The van der Waals surface area contributed by atoms with Crippen molar-refractivity contribution in [1.29, 1.82) is 0 Å². The molecule has 1 heterocycles. The lowest BCUT2D eigenvalue weighted by atomic mass is 9.97. The van der Waals surface area contributed by atoms with Crippen LogP contribution in [0.1, 0.15) is 32.3 Å². The first kappa shape index (κ1) is 26.1. The molecule has 1 aliphatic heterocycles. The van der Waals surface area contributed by atoms with E-state index in [2.05, 4.69) is 20.5 Å². The van der Waals surface area contributed by atoms with E-state index in [-0.39, 0.29) is 54.0 Å². The predicted molar refractivity (Wildman–Crippen MR) is 125 cm³/mol. The highest BCUT2D eigenvalue weighted by molar-refractivity contribution is 14.0. The van der Waals surface area contributed by atoms with Crippen molar-refractivity contribution in [1.82, 2.24) is 15.5 Å². The molecular formula is C21H32FIN4O3. The van der Waals surface area contributed by atoms with E-state index in [4.69, 9.17) is 4.74 Å². The van der Waals surface area contributed by atoms with E-state index < -0.39 is 0 Å². The molecule has 0 aliphatic carbocycles. The van der Waals surface area contributed by atoms with Gasteiger partial charge in [0.25, 0.3) is 0 Å². The Morgan fingerprint density at radius 2 is 1.97 bits per heavy atom. The SMILES string of the molecule is CCNC(=NCCNC(=O)Cc1cccc(F)c1)N1CCC(C(=O)OCC)CC1.I. The summed E-state index contributed by atoms with van der Waals surface area (Å²) in [6.07, 6.45) is 1.63. The van der Waals surface area contributed by atoms with Crippen LogP contribution in [0.15, 0.2) is 29.3 Å². The Balaban J connectivity index is 0.00000450. The summed E-state index contributed by atoms with van der Waals surface area (Å²) in [7, 11) is 0. The summed E-state index contributed by atoms with van der Waals surface area (Å²) in [4.78, 5) is 30.6. The largest absolute Gasteiger partial charge is 0.466 e. The van der Waals surface area contributed by atoms with Crippen molar-refractivity contribution in [2.75, 3.05) is 39.3 Å². The number of benzene rings is 1. The van der Waals surface area contributed by atoms with Crippen LogP contribution in [-0.2, 0) is 20.7 Å². The first-order valence-electron chi connectivity index (χ1n) is 10.2. The Kier molecular flexibility index (Phi) is 12.3. The number of amides is 1. The molecule has 30 heavy (non-hydrogen) atoms. The second-order valence-electron chi connectivity index (χ2n) is 6.91. The highest BCUT2D eigenvalue weighted by Gasteiger charge is 2.27. The van der Waals surface area contributed by atoms with Crippen molar-refractivity contribution < 1.29 is 18.7 Å². The molecule has 1 aromatic rings. The number of nitrogens with zero attached hydrogens (tertiary/aromatic N) is 2. The summed E-state index contributed by atoms with van der Waals surface area (Å²) in [6, 6.07) is 6.04. The van der Waals surface area contributed by atoms with Gasteiger partial charge in [-0.2, -0.15) is 0 Å². The van der Waals surface area contributed by atoms with Crippen molar-refractivity contribution in [2.45, 2.75) is 33.1 Å². The third-order valence-corrected chi connectivity index (χ3v) is 4.70. The zero-order valence-electron chi connectivity index (χ0n) is 17.7. The van der Waals surface area contributed by atoms with Gasteiger partial charge in [-0.3, -0.25) is 14.6 Å². The maximum atomic E-state index is 13.2. The number of halogens is 2. The maximum Gasteiger partial charge on any atom is 0.309 e. The Morgan fingerprint density at radius 1 is 1.23 bits per heavy atom. The lowest BCUT2D eigenvalue weighted by molar-refractivity contribution is -0.149. The molecule has 1 aromatic carbocycles. The maximum absolute atomic E-state index is 13.2. The summed E-state index contributed by atoms with van der Waals surface area (Å²) in [5, 5.41) is 6.07. The molecule has 1 amide bonds. The number of ether oxygens (including phenoxy) is 1. The van der Waals surface area contributed by atoms with Crippen molar-refractivity contribution >= 4 is 41.8 Å². The molecule has 1 aliphatic rings. The Bertz CT molecular complexity index is 709. The van der Waals surface area contributed by atoms with Gasteiger partial charge in [0.1, 0.15) is 5.82 Å². The van der Waals surface area contributed by atoms with E-state index in [1.54, 1.807) is 12.1 Å². The molecule has 1 saturated heterocycles. The second kappa shape index (κ2) is 14.2. The first-order valence-corrected chi connectivity index (χ1v) is 10.2. The van der Waals surface area contributed by atoms with Crippen LogP contribution in [0, 0.1) is 11.7 Å². The number of hydrogen-bond donors (Lipinski definition) is 2. The fourth-order valence-corrected chi connectivity index (χ4v) is 3.26. The van der Waals surface area contributed by atoms with Crippen LogP contribution in [-0.4, -0.2) is 62.1 Å². The van der Waals surface area contributed by atoms with Crippen LogP contribution in [0.3, 0.4) is 0 Å². The normalized spacial score (nSPS) is 14.6. The van der Waals surface area contributed by atoms with Gasteiger partial charge in [0.2, 0.25) is 5.91 Å². The van der Waals surface area contributed by atoms with Gasteiger partial charge in [0, 0.05) is 26.2 Å². The third kappa shape index (κ3) is 8.85. The molecule has 0 bridgehead atoms. The zero-order valence-corrected chi connectivity index (χ0v) is 20.0. The first-order chi connectivity index (χ1) is 14.0. The minimum absolute atomic E-state index is 0. The zero-order chi connectivity index (χ0) is 21.1. The number of guanidine groups is 1. The monoisotopic (exact) mass is 534 g/mol. The highest BCUT2D eigenvalue weighted by Crippen LogP contribution is 2.18. The third-order valence-electron chi connectivity index (χ3n) is 4.70. The lowest BCUT2D eigenvalue weighted by Crippen LogP contribution is -2.47. The number of carbonyl (C=O) groups excluding carboxylic acids is 2. The fourth-order valence-electron chi connectivity index (χ4n) is 3.26.